The molecule has 30 heavy (non-hydrogen) atoms. The molecule has 1 aliphatic heterocycles. The Kier molecular flexibility index (Phi) is 7.78. The Bertz CT molecular complexity index is 851. The number of rotatable bonds is 6. The molecule has 1 aromatic carbocycles. The molecule has 2 aromatic rings. The molecule has 3 rings (SSSR count). The van der Waals surface area contributed by atoms with Gasteiger partial charge in [0.25, 0.3) is 0 Å². The number of nitrogens with zero attached hydrogens (tertiary/aromatic N) is 2. The van der Waals surface area contributed by atoms with E-state index in [1.807, 2.05) is 57.2 Å². The van der Waals surface area contributed by atoms with E-state index in [4.69, 9.17) is 23.2 Å². The summed E-state index contributed by atoms with van der Waals surface area (Å²) in [6.07, 6.45) is 6.11. The zero-order valence-corrected chi connectivity index (χ0v) is 19.5. The second kappa shape index (κ2) is 10.1. The van der Waals surface area contributed by atoms with Crippen LogP contribution in [0.5, 0.6) is 0 Å². The smallest absolute Gasteiger partial charge is 0.225 e. The predicted molar refractivity (Wildman–Crippen MR) is 124 cm³/mol. The van der Waals surface area contributed by atoms with E-state index in [1.165, 1.54) is 12.8 Å². The summed E-state index contributed by atoms with van der Waals surface area (Å²) in [5, 5.41) is 4.42. The lowest BCUT2D eigenvalue weighted by Gasteiger charge is -2.38. The second-order valence-corrected chi connectivity index (χ2v) is 9.95. The molecule has 0 radical (unpaired) electrons. The van der Waals surface area contributed by atoms with Crippen molar-refractivity contribution in [3.63, 3.8) is 0 Å². The SMILES string of the molecule is CC(C)(C)C(=O)N[C@H](C[C@@H]1CCCCN1Cc1ccc(Cl)c(Cl)c1)c1ccccn1. The molecule has 1 N–H and O–H groups in total. The Morgan fingerprint density at radius 3 is 2.67 bits per heavy atom. The van der Waals surface area contributed by atoms with Crippen molar-refractivity contribution < 1.29 is 4.79 Å². The molecule has 0 bridgehead atoms. The third kappa shape index (κ3) is 6.19. The number of nitrogens with one attached hydrogen (secondary N) is 1. The summed E-state index contributed by atoms with van der Waals surface area (Å²) >= 11 is 12.3. The molecule has 1 saturated heterocycles. The molecule has 1 aromatic heterocycles. The minimum absolute atomic E-state index is 0.0463. The van der Waals surface area contributed by atoms with Crippen molar-refractivity contribution in [1.29, 1.82) is 0 Å². The number of halogens is 2. The zero-order chi connectivity index (χ0) is 21.7. The van der Waals surface area contributed by atoms with E-state index in [0.29, 0.717) is 16.1 Å². The minimum atomic E-state index is -0.445. The van der Waals surface area contributed by atoms with Crippen molar-refractivity contribution in [1.82, 2.24) is 15.2 Å². The topological polar surface area (TPSA) is 45.2 Å². The maximum atomic E-state index is 12.8. The maximum Gasteiger partial charge on any atom is 0.225 e. The van der Waals surface area contributed by atoms with Crippen molar-refractivity contribution in [2.24, 2.45) is 5.41 Å². The van der Waals surface area contributed by atoms with Crippen LogP contribution < -0.4 is 5.32 Å². The fourth-order valence-corrected chi connectivity index (χ4v) is 4.21. The van der Waals surface area contributed by atoms with Gasteiger partial charge in [-0.3, -0.25) is 14.7 Å². The van der Waals surface area contributed by atoms with Gasteiger partial charge in [-0.2, -0.15) is 0 Å². The summed E-state index contributed by atoms with van der Waals surface area (Å²) in [6, 6.07) is 12.0. The second-order valence-electron chi connectivity index (χ2n) is 9.13. The standard InChI is InChI=1S/C24H31Cl2N3O/c1-24(2,3)23(30)28-22(21-9-4-6-12-27-21)15-18-8-5-7-13-29(18)16-17-10-11-19(25)20(26)14-17/h4,6,9-12,14,18,22H,5,7-8,13,15-16H2,1-3H3,(H,28,30)/t18-,22+/m0/s1. The minimum Gasteiger partial charge on any atom is -0.347 e. The van der Waals surface area contributed by atoms with Gasteiger partial charge in [-0.05, 0) is 55.6 Å². The molecule has 0 aliphatic carbocycles. The first-order valence-electron chi connectivity index (χ1n) is 10.6. The van der Waals surface area contributed by atoms with Gasteiger partial charge in [0.2, 0.25) is 5.91 Å². The van der Waals surface area contributed by atoms with Gasteiger partial charge >= 0.3 is 0 Å². The van der Waals surface area contributed by atoms with E-state index in [1.54, 1.807) is 6.20 Å². The highest BCUT2D eigenvalue weighted by Gasteiger charge is 2.30. The van der Waals surface area contributed by atoms with Crippen molar-refractivity contribution in [3.05, 3.63) is 63.9 Å². The third-order valence-electron chi connectivity index (χ3n) is 5.66. The number of amides is 1. The van der Waals surface area contributed by atoms with E-state index in [2.05, 4.69) is 15.2 Å². The number of piperidine rings is 1. The number of hydrogen-bond donors (Lipinski definition) is 1. The Balaban J connectivity index is 1.78. The van der Waals surface area contributed by atoms with E-state index in [0.717, 1.165) is 37.2 Å². The normalized spacial score (nSPS) is 18.8. The van der Waals surface area contributed by atoms with Crippen LogP contribution >= 0.6 is 23.2 Å². The van der Waals surface area contributed by atoms with Gasteiger partial charge in [0.15, 0.2) is 0 Å². The quantitative estimate of drug-likeness (QED) is 0.586. The van der Waals surface area contributed by atoms with Crippen molar-refractivity contribution in [2.75, 3.05) is 6.54 Å². The van der Waals surface area contributed by atoms with Crippen LogP contribution in [0, 0.1) is 5.41 Å². The lowest BCUT2D eigenvalue weighted by Crippen LogP contribution is -2.44. The highest BCUT2D eigenvalue weighted by Crippen LogP contribution is 2.30. The fourth-order valence-electron chi connectivity index (χ4n) is 3.89. The van der Waals surface area contributed by atoms with E-state index < -0.39 is 5.41 Å². The molecule has 2 atom stereocenters. The van der Waals surface area contributed by atoms with Crippen LogP contribution in [0.25, 0.3) is 0 Å². The lowest BCUT2D eigenvalue weighted by molar-refractivity contribution is -0.129. The lowest BCUT2D eigenvalue weighted by atomic mass is 9.91. The molecule has 0 spiro atoms. The van der Waals surface area contributed by atoms with Crippen LogP contribution in [0.1, 0.15) is 63.8 Å². The molecule has 1 amide bonds. The first kappa shape index (κ1) is 23.1. The Labute approximate surface area is 190 Å². The number of benzene rings is 1. The third-order valence-corrected chi connectivity index (χ3v) is 6.40. The van der Waals surface area contributed by atoms with Gasteiger partial charge in [-0.1, -0.05) is 62.5 Å². The van der Waals surface area contributed by atoms with Crippen LogP contribution in [-0.4, -0.2) is 28.4 Å². The molecule has 2 heterocycles. The zero-order valence-electron chi connectivity index (χ0n) is 18.0. The number of carbonyl (C=O) groups is 1. The van der Waals surface area contributed by atoms with Gasteiger partial charge in [0.05, 0.1) is 21.8 Å². The van der Waals surface area contributed by atoms with Crippen molar-refractivity contribution in [2.45, 2.75) is 65.1 Å². The summed E-state index contributed by atoms with van der Waals surface area (Å²) in [5.74, 6) is 0.0463. The van der Waals surface area contributed by atoms with Gasteiger partial charge in [-0.15, -0.1) is 0 Å². The number of likely N-dealkylation sites (tertiary alicyclic amines) is 1. The summed E-state index contributed by atoms with van der Waals surface area (Å²) in [5.41, 5.74) is 1.62. The Hall–Kier alpha value is -1.62. The average molecular weight is 448 g/mol. The summed E-state index contributed by atoms with van der Waals surface area (Å²) in [6.45, 7) is 7.68. The summed E-state index contributed by atoms with van der Waals surface area (Å²) in [4.78, 5) is 19.8. The number of aromatic nitrogens is 1. The largest absolute Gasteiger partial charge is 0.347 e. The first-order valence-corrected chi connectivity index (χ1v) is 11.4. The number of pyridine rings is 1. The van der Waals surface area contributed by atoms with Crippen molar-refractivity contribution >= 4 is 29.1 Å². The van der Waals surface area contributed by atoms with Crippen LogP contribution in [0.15, 0.2) is 42.6 Å². The first-order chi connectivity index (χ1) is 14.2. The van der Waals surface area contributed by atoms with E-state index >= 15 is 0 Å². The highest BCUT2D eigenvalue weighted by atomic mass is 35.5. The molecule has 1 aliphatic rings. The molecule has 6 heteroatoms. The molecule has 162 valence electrons. The van der Waals surface area contributed by atoms with Crippen LogP contribution in [0.3, 0.4) is 0 Å². The Morgan fingerprint density at radius 2 is 2.00 bits per heavy atom. The van der Waals surface area contributed by atoms with Crippen LogP contribution in [0.4, 0.5) is 0 Å². The van der Waals surface area contributed by atoms with E-state index in [-0.39, 0.29) is 11.9 Å². The average Bonchev–Trinajstić information content (AvgIpc) is 2.71. The van der Waals surface area contributed by atoms with Gasteiger partial charge < -0.3 is 5.32 Å². The molecule has 0 saturated carbocycles. The monoisotopic (exact) mass is 447 g/mol. The molecular weight excluding hydrogens is 417 g/mol. The van der Waals surface area contributed by atoms with Gasteiger partial charge in [0, 0.05) is 24.2 Å². The summed E-state index contributed by atoms with van der Waals surface area (Å²) in [7, 11) is 0. The van der Waals surface area contributed by atoms with Gasteiger partial charge in [0.1, 0.15) is 0 Å². The van der Waals surface area contributed by atoms with Gasteiger partial charge in [-0.25, -0.2) is 0 Å². The molecular formula is C24H31Cl2N3O. The number of carbonyl (C=O) groups excluding carboxylic acids is 1. The molecule has 0 unspecified atom stereocenters. The Morgan fingerprint density at radius 1 is 1.20 bits per heavy atom. The fraction of sp³-hybridized carbons (Fsp3) is 0.500. The molecule has 1 fully saturated rings. The van der Waals surface area contributed by atoms with Crippen molar-refractivity contribution in [3.8, 4) is 0 Å². The predicted octanol–water partition coefficient (Wildman–Crippen LogP) is 6.04. The van der Waals surface area contributed by atoms with E-state index in [9.17, 15) is 4.79 Å². The van der Waals surface area contributed by atoms with Crippen LogP contribution in [-0.2, 0) is 11.3 Å². The maximum absolute atomic E-state index is 12.8. The summed E-state index contributed by atoms with van der Waals surface area (Å²) < 4.78 is 0. The molecule has 4 nitrogen and oxygen atoms in total. The van der Waals surface area contributed by atoms with Crippen LogP contribution in [0.2, 0.25) is 10.0 Å². The highest BCUT2D eigenvalue weighted by molar-refractivity contribution is 6.42. The number of hydrogen-bond acceptors (Lipinski definition) is 3.